The van der Waals surface area contributed by atoms with E-state index in [9.17, 15) is 9.59 Å². The highest BCUT2D eigenvalue weighted by molar-refractivity contribution is 6.30. The van der Waals surface area contributed by atoms with E-state index in [-0.39, 0.29) is 24.1 Å². The van der Waals surface area contributed by atoms with Crippen LogP contribution in [0.25, 0.3) is 17.0 Å². The lowest BCUT2D eigenvalue weighted by molar-refractivity contribution is -0.131. The van der Waals surface area contributed by atoms with E-state index in [1.165, 1.54) is 0 Å². The molecule has 2 aromatic heterocycles. The molecule has 0 aliphatic carbocycles. The van der Waals surface area contributed by atoms with E-state index in [0.717, 1.165) is 43.5 Å². The van der Waals surface area contributed by atoms with Crippen molar-refractivity contribution < 1.29 is 9.90 Å². The van der Waals surface area contributed by atoms with Crippen LogP contribution in [0.5, 0.6) is 0 Å². The van der Waals surface area contributed by atoms with E-state index in [2.05, 4.69) is 16.4 Å². The second kappa shape index (κ2) is 11.3. The molecule has 1 aromatic carbocycles. The summed E-state index contributed by atoms with van der Waals surface area (Å²) in [5.74, 6) is 1.35. The number of likely N-dealkylation sites (N-methyl/N-ethyl adjacent to an activating group) is 1. The Morgan fingerprint density at radius 2 is 2.00 bits per heavy atom. The van der Waals surface area contributed by atoms with Gasteiger partial charge in [-0.1, -0.05) is 43.5 Å². The second-order valence-electron chi connectivity index (χ2n) is 9.19. The van der Waals surface area contributed by atoms with Crippen LogP contribution in [0.4, 0.5) is 5.82 Å². The van der Waals surface area contributed by atoms with E-state index in [0.29, 0.717) is 42.5 Å². The van der Waals surface area contributed by atoms with Crippen LogP contribution in [0.2, 0.25) is 5.02 Å². The Hall–Kier alpha value is -2.84. The Balaban J connectivity index is 1.77. The van der Waals surface area contributed by atoms with E-state index in [4.69, 9.17) is 21.7 Å². The first-order valence-corrected chi connectivity index (χ1v) is 12.8. The predicted molar refractivity (Wildman–Crippen MR) is 139 cm³/mol. The fourth-order valence-corrected chi connectivity index (χ4v) is 4.91. The third-order valence-corrected chi connectivity index (χ3v) is 6.93. The maximum Gasteiger partial charge on any atom is 0.261 e. The Morgan fingerprint density at radius 3 is 2.71 bits per heavy atom. The van der Waals surface area contributed by atoms with Gasteiger partial charge in [-0.2, -0.15) is 0 Å². The zero-order chi connectivity index (χ0) is 24.9. The number of fused-ring (bicyclic) bond motifs is 1. The Kier molecular flexibility index (Phi) is 8.13. The minimum Gasteiger partial charge on any atom is -0.396 e. The minimum atomic E-state index is -0.330. The number of aromatic nitrogens is 3. The van der Waals surface area contributed by atoms with Gasteiger partial charge in [0.05, 0.1) is 5.69 Å². The number of halogens is 1. The highest BCUT2D eigenvalue weighted by Gasteiger charge is 2.34. The van der Waals surface area contributed by atoms with Crippen molar-refractivity contribution in [2.75, 3.05) is 31.6 Å². The third-order valence-electron chi connectivity index (χ3n) is 6.68. The van der Waals surface area contributed by atoms with Crippen LogP contribution in [-0.4, -0.2) is 62.7 Å². The lowest BCUT2D eigenvalue weighted by Gasteiger charge is -2.31. The molecule has 0 spiro atoms. The monoisotopic (exact) mass is 499 g/mol. The summed E-state index contributed by atoms with van der Waals surface area (Å²) in [6, 6.07) is 8.73. The third kappa shape index (κ3) is 5.38. The van der Waals surface area contributed by atoms with Crippen molar-refractivity contribution in [2.45, 2.75) is 58.0 Å². The molecule has 4 rings (SSSR count). The molecule has 0 radical (unpaired) electrons. The van der Waals surface area contributed by atoms with E-state index in [1.807, 2.05) is 24.3 Å². The average Bonchev–Trinajstić information content (AvgIpc) is 3.52. The molecule has 0 unspecified atom stereocenters. The normalized spacial score (nSPS) is 15.8. The zero-order valence-corrected chi connectivity index (χ0v) is 21.2. The van der Waals surface area contributed by atoms with Crippen LogP contribution in [-0.2, 0) is 11.3 Å². The van der Waals surface area contributed by atoms with Gasteiger partial charge in [0, 0.05) is 56.1 Å². The first-order valence-electron chi connectivity index (χ1n) is 12.5. The largest absolute Gasteiger partial charge is 0.396 e. The molecular formula is C26H34ClN5O3. The van der Waals surface area contributed by atoms with Crippen LogP contribution in [0.1, 0.15) is 45.4 Å². The average molecular weight is 500 g/mol. The van der Waals surface area contributed by atoms with E-state index in [1.54, 1.807) is 28.6 Å². The van der Waals surface area contributed by atoms with E-state index >= 15 is 0 Å². The van der Waals surface area contributed by atoms with Gasteiger partial charge in [0.15, 0.2) is 0 Å². The zero-order valence-electron chi connectivity index (χ0n) is 20.5. The minimum absolute atomic E-state index is 0.0218. The Bertz CT molecular complexity index is 1220. The first-order chi connectivity index (χ1) is 16.9. The number of unbranched alkanes of at least 4 members (excludes halogenated alkanes) is 2. The van der Waals surface area contributed by atoms with Crippen molar-refractivity contribution in [3.05, 3.63) is 51.9 Å². The lowest BCUT2D eigenvalue weighted by atomic mass is 10.2. The number of anilines is 1. The van der Waals surface area contributed by atoms with Crippen LogP contribution < -0.4 is 10.5 Å². The van der Waals surface area contributed by atoms with Crippen LogP contribution >= 0.6 is 11.6 Å². The number of amides is 1. The smallest absolute Gasteiger partial charge is 0.261 e. The summed E-state index contributed by atoms with van der Waals surface area (Å²) in [4.78, 5) is 35.1. The summed E-state index contributed by atoms with van der Waals surface area (Å²) < 4.78 is 3.69. The summed E-state index contributed by atoms with van der Waals surface area (Å²) in [5, 5.41) is 9.80. The Labute approximate surface area is 210 Å². The second-order valence-corrected chi connectivity index (χ2v) is 9.63. The number of imidazole rings is 1. The maximum absolute atomic E-state index is 13.3. The summed E-state index contributed by atoms with van der Waals surface area (Å²) in [5.41, 5.74) is 1.43. The molecule has 3 aromatic rings. The summed E-state index contributed by atoms with van der Waals surface area (Å²) >= 11 is 6.05. The molecule has 1 aliphatic heterocycles. The van der Waals surface area contributed by atoms with Crippen molar-refractivity contribution in [3.8, 4) is 11.3 Å². The molecule has 0 bridgehead atoms. The molecule has 35 heavy (non-hydrogen) atoms. The summed E-state index contributed by atoms with van der Waals surface area (Å²) in [7, 11) is 1.78. The number of hydrogen-bond acceptors (Lipinski definition) is 5. The number of carbonyl (C=O) groups excluding carboxylic acids is 1. The molecule has 1 fully saturated rings. The van der Waals surface area contributed by atoms with Crippen molar-refractivity contribution in [1.82, 2.24) is 18.9 Å². The number of carbonyl (C=O) groups is 1. The molecule has 1 aliphatic rings. The van der Waals surface area contributed by atoms with Crippen LogP contribution in [0.3, 0.4) is 0 Å². The number of nitrogens with zero attached hydrogens (tertiary/aromatic N) is 5. The van der Waals surface area contributed by atoms with Gasteiger partial charge in [0.2, 0.25) is 11.7 Å². The van der Waals surface area contributed by atoms with Gasteiger partial charge in [0.1, 0.15) is 11.9 Å². The summed E-state index contributed by atoms with van der Waals surface area (Å²) in [6.07, 6.45) is 7.03. The van der Waals surface area contributed by atoms with Crippen molar-refractivity contribution in [3.63, 3.8) is 0 Å². The van der Waals surface area contributed by atoms with Crippen molar-refractivity contribution in [2.24, 2.45) is 0 Å². The number of benzene rings is 1. The molecule has 9 heteroatoms. The fraction of sp³-hybridized carbons (Fsp3) is 0.500. The van der Waals surface area contributed by atoms with Crippen LogP contribution in [0.15, 0.2) is 41.3 Å². The van der Waals surface area contributed by atoms with Crippen molar-refractivity contribution >= 4 is 29.1 Å². The number of aryl methyl sites for hydroxylation is 1. The molecule has 1 saturated heterocycles. The standard InChI is InChI=1S/C26H34ClN5O3/c1-3-4-5-14-31-23(30-15-6-8-22(30)25(35)29(2)13-7-16-33)17-24(34)32-18-21(28-26(31)32)19-9-11-20(27)12-10-19/h9-12,17-18,22,33H,3-8,13-16H2,1-2H3/t22-/m0/s1. The lowest BCUT2D eigenvalue weighted by Crippen LogP contribution is -2.46. The maximum atomic E-state index is 13.3. The van der Waals surface area contributed by atoms with Gasteiger partial charge >= 0.3 is 0 Å². The van der Waals surface area contributed by atoms with E-state index < -0.39 is 0 Å². The topological polar surface area (TPSA) is 83.1 Å². The molecule has 1 atom stereocenters. The highest BCUT2D eigenvalue weighted by Crippen LogP contribution is 2.29. The van der Waals surface area contributed by atoms with Gasteiger partial charge in [-0.15, -0.1) is 0 Å². The summed E-state index contributed by atoms with van der Waals surface area (Å²) in [6.45, 7) is 4.13. The Morgan fingerprint density at radius 1 is 1.23 bits per heavy atom. The SMILES string of the molecule is CCCCCn1c(N2CCC[C@H]2C(=O)N(C)CCCO)cc(=O)n2cc(-c3ccc(Cl)cc3)nc12. The molecule has 1 amide bonds. The van der Waals surface area contributed by atoms with Crippen molar-refractivity contribution in [1.29, 1.82) is 0 Å². The van der Waals surface area contributed by atoms with Gasteiger partial charge in [0.25, 0.3) is 5.56 Å². The number of hydrogen-bond donors (Lipinski definition) is 1. The molecule has 8 nitrogen and oxygen atoms in total. The fourth-order valence-electron chi connectivity index (χ4n) is 4.79. The van der Waals surface area contributed by atoms with Crippen LogP contribution in [0, 0.1) is 0 Å². The predicted octanol–water partition coefficient (Wildman–Crippen LogP) is 3.82. The molecule has 0 saturated carbocycles. The number of aliphatic hydroxyl groups excluding tert-OH is 1. The molecule has 3 heterocycles. The van der Waals surface area contributed by atoms with Gasteiger partial charge in [-0.05, 0) is 37.8 Å². The molecule has 188 valence electrons. The number of rotatable bonds is 10. The van der Waals surface area contributed by atoms with Gasteiger partial charge < -0.3 is 14.9 Å². The number of aliphatic hydroxyl groups is 1. The highest BCUT2D eigenvalue weighted by atomic mass is 35.5. The van der Waals surface area contributed by atoms with Gasteiger partial charge in [-0.3, -0.25) is 18.6 Å². The van der Waals surface area contributed by atoms with Gasteiger partial charge in [-0.25, -0.2) is 4.98 Å². The molecule has 1 N–H and O–H groups in total. The quantitative estimate of drug-likeness (QED) is 0.429. The molecular weight excluding hydrogens is 466 g/mol. The first kappa shape index (κ1) is 25.3.